The Morgan fingerprint density at radius 3 is 2.50 bits per heavy atom. The lowest BCUT2D eigenvalue weighted by molar-refractivity contribution is -0.130. The van der Waals surface area contributed by atoms with Gasteiger partial charge in [0, 0.05) is 38.0 Å². The number of nitrogens with one attached hydrogen (secondary N) is 2. The van der Waals surface area contributed by atoms with Gasteiger partial charge >= 0.3 is 0 Å². The molecule has 3 atom stereocenters. The molecule has 11 heteroatoms. The minimum Gasteiger partial charge on any atom is -0.456 e. The summed E-state index contributed by atoms with van der Waals surface area (Å²) < 4.78 is 7.97. The van der Waals surface area contributed by atoms with Crippen LogP contribution in [-0.4, -0.2) is 74.5 Å². The maximum atomic E-state index is 14.0. The number of hydrogen-bond acceptors (Lipinski definition) is 7. The molecule has 2 aliphatic rings. The second-order valence-corrected chi connectivity index (χ2v) is 12.7. The summed E-state index contributed by atoms with van der Waals surface area (Å²) in [6, 6.07) is 10.7. The second kappa shape index (κ2) is 15.5. The lowest BCUT2D eigenvalue weighted by atomic mass is 9.97. The van der Waals surface area contributed by atoms with Crippen LogP contribution in [0.3, 0.4) is 0 Å². The highest BCUT2D eigenvalue weighted by molar-refractivity contribution is 5.92. The number of furan rings is 1. The number of carbonyl (C=O) groups is 3. The average Bonchev–Trinajstić information content (AvgIpc) is 3.81. The van der Waals surface area contributed by atoms with Crippen molar-refractivity contribution in [3.05, 3.63) is 70.7 Å². The van der Waals surface area contributed by atoms with Gasteiger partial charge in [-0.3, -0.25) is 19.3 Å². The van der Waals surface area contributed by atoms with Crippen molar-refractivity contribution < 1.29 is 18.8 Å². The van der Waals surface area contributed by atoms with E-state index in [-0.39, 0.29) is 30.1 Å². The van der Waals surface area contributed by atoms with Gasteiger partial charge in [-0.15, -0.1) is 0 Å². The van der Waals surface area contributed by atoms with E-state index in [1.54, 1.807) is 4.90 Å². The number of fused-ring (bicyclic) bond motifs is 1. The Balaban J connectivity index is 1.45. The summed E-state index contributed by atoms with van der Waals surface area (Å²) >= 11 is 0. The third-order valence-corrected chi connectivity index (χ3v) is 9.25. The molecule has 0 radical (unpaired) electrons. The van der Waals surface area contributed by atoms with E-state index in [2.05, 4.69) is 15.5 Å². The molecular weight excluding hydrogens is 582 g/mol. The molecule has 46 heavy (non-hydrogen) atoms. The molecule has 1 aromatic carbocycles. The monoisotopic (exact) mass is 631 g/mol. The SMILES string of the molecule is CCc1oc(C(=O)N2CCCC(=O)N[C@@H]([C@@H](C)CC)C(=O)N[C@@H](Cc3ccccc3)c3nc(C)nn3CC2)cc1CN1CCCC1. The molecule has 0 unspecified atom stereocenters. The molecule has 1 fully saturated rings. The van der Waals surface area contributed by atoms with Gasteiger partial charge in [-0.05, 0) is 63.2 Å². The standard InChI is InChI=1S/C35H49N7O4/c1-5-24(3)32-34(44)37-28(21-26-13-8-7-9-14-26)33-36-25(4)39-42(33)20-19-41(18-12-15-31(43)38-32)35(45)30-22-27(29(6-2)46-30)23-40-16-10-11-17-40/h7-9,13-14,22,24,28,32H,5-6,10-12,15-21,23H2,1-4H3,(H,37,44)(H,38,43)/t24-,28-,32-/m0/s1. The number of likely N-dealkylation sites (tertiary alicyclic amines) is 1. The molecular formula is C35H49N7O4. The van der Waals surface area contributed by atoms with Gasteiger partial charge in [-0.25, -0.2) is 9.67 Å². The molecule has 3 aromatic rings. The first-order valence-electron chi connectivity index (χ1n) is 16.9. The molecule has 2 aliphatic heterocycles. The first-order chi connectivity index (χ1) is 22.2. The maximum absolute atomic E-state index is 14.0. The van der Waals surface area contributed by atoms with Crippen LogP contribution in [0.5, 0.6) is 0 Å². The molecule has 1 saturated heterocycles. The number of aryl methyl sites for hydroxylation is 2. The highest BCUT2D eigenvalue weighted by atomic mass is 16.4. The Morgan fingerprint density at radius 2 is 1.78 bits per heavy atom. The highest BCUT2D eigenvalue weighted by Gasteiger charge is 2.31. The molecule has 248 valence electrons. The summed E-state index contributed by atoms with van der Waals surface area (Å²) in [5.74, 6) is 1.67. The number of amides is 3. The Bertz CT molecular complexity index is 1480. The third kappa shape index (κ3) is 8.23. The number of benzene rings is 1. The number of nitrogens with zero attached hydrogens (tertiary/aromatic N) is 5. The van der Waals surface area contributed by atoms with Gasteiger partial charge < -0.3 is 20.0 Å². The van der Waals surface area contributed by atoms with Crippen molar-refractivity contribution in [2.75, 3.05) is 26.2 Å². The van der Waals surface area contributed by atoms with Crippen LogP contribution in [0.25, 0.3) is 0 Å². The Hall–Kier alpha value is -3.99. The fourth-order valence-electron chi connectivity index (χ4n) is 6.46. The maximum Gasteiger partial charge on any atom is 0.289 e. The molecule has 5 rings (SSSR count). The van der Waals surface area contributed by atoms with Gasteiger partial charge in [0.1, 0.15) is 23.5 Å². The summed E-state index contributed by atoms with van der Waals surface area (Å²) in [6.07, 6.45) is 4.99. The molecule has 0 aliphatic carbocycles. The molecule has 0 bridgehead atoms. The molecule has 2 aromatic heterocycles. The van der Waals surface area contributed by atoms with E-state index in [0.29, 0.717) is 56.3 Å². The van der Waals surface area contributed by atoms with Crippen LogP contribution < -0.4 is 10.6 Å². The number of aromatic nitrogens is 3. The van der Waals surface area contributed by atoms with Crippen LogP contribution >= 0.6 is 0 Å². The quantitative estimate of drug-likeness (QED) is 0.382. The zero-order valence-corrected chi connectivity index (χ0v) is 27.8. The Labute approximate surface area is 272 Å². The lowest BCUT2D eigenvalue weighted by Crippen LogP contribution is -2.51. The summed E-state index contributed by atoms with van der Waals surface area (Å²) in [5, 5.41) is 10.9. The van der Waals surface area contributed by atoms with E-state index in [0.717, 1.165) is 42.9 Å². The van der Waals surface area contributed by atoms with Crippen molar-refractivity contribution in [3.8, 4) is 0 Å². The minimum absolute atomic E-state index is 0.0756. The molecule has 0 spiro atoms. The lowest BCUT2D eigenvalue weighted by Gasteiger charge is -2.28. The van der Waals surface area contributed by atoms with Crippen LogP contribution in [0.15, 0.2) is 40.8 Å². The van der Waals surface area contributed by atoms with Gasteiger partial charge in [0.15, 0.2) is 5.76 Å². The van der Waals surface area contributed by atoms with E-state index in [4.69, 9.17) is 14.5 Å². The van der Waals surface area contributed by atoms with Gasteiger partial charge in [0.05, 0.1) is 12.6 Å². The zero-order chi connectivity index (χ0) is 32.6. The molecule has 0 saturated carbocycles. The first kappa shape index (κ1) is 33.4. The van der Waals surface area contributed by atoms with E-state index in [1.165, 1.54) is 12.8 Å². The fraction of sp³-hybridized carbons (Fsp3) is 0.571. The van der Waals surface area contributed by atoms with Crippen molar-refractivity contribution in [3.63, 3.8) is 0 Å². The molecule has 2 N–H and O–H groups in total. The van der Waals surface area contributed by atoms with Crippen LogP contribution in [0, 0.1) is 12.8 Å². The predicted octanol–water partition coefficient (Wildman–Crippen LogP) is 4.20. The van der Waals surface area contributed by atoms with Crippen LogP contribution in [-0.2, 0) is 35.5 Å². The van der Waals surface area contributed by atoms with Crippen LogP contribution in [0.1, 0.15) is 98.0 Å². The van der Waals surface area contributed by atoms with Crippen LogP contribution in [0.4, 0.5) is 0 Å². The first-order valence-corrected chi connectivity index (χ1v) is 16.9. The van der Waals surface area contributed by atoms with Gasteiger partial charge in [0.25, 0.3) is 5.91 Å². The Kier molecular flexibility index (Phi) is 11.3. The summed E-state index contributed by atoms with van der Waals surface area (Å²) in [5.41, 5.74) is 2.11. The average molecular weight is 632 g/mol. The van der Waals surface area contributed by atoms with Crippen molar-refractivity contribution in [2.24, 2.45) is 5.92 Å². The number of carbonyl (C=O) groups excluding carboxylic acids is 3. The van der Waals surface area contributed by atoms with E-state index >= 15 is 0 Å². The normalized spacial score (nSPS) is 20.9. The minimum atomic E-state index is -0.696. The predicted molar refractivity (Wildman–Crippen MR) is 175 cm³/mol. The molecule has 3 amide bonds. The zero-order valence-electron chi connectivity index (χ0n) is 27.8. The fourth-order valence-corrected chi connectivity index (χ4v) is 6.46. The largest absolute Gasteiger partial charge is 0.456 e. The third-order valence-electron chi connectivity index (χ3n) is 9.25. The van der Waals surface area contributed by atoms with Gasteiger partial charge in [0.2, 0.25) is 11.8 Å². The number of hydrogen-bond donors (Lipinski definition) is 2. The highest BCUT2D eigenvalue weighted by Crippen LogP contribution is 2.23. The Morgan fingerprint density at radius 1 is 1.02 bits per heavy atom. The summed E-state index contributed by atoms with van der Waals surface area (Å²) in [7, 11) is 0. The molecule has 11 nitrogen and oxygen atoms in total. The van der Waals surface area contributed by atoms with E-state index in [1.807, 2.05) is 68.8 Å². The van der Waals surface area contributed by atoms with Crippen molar-refractivity contribution in [1.29, 1.82) is 0 Å². The summed E-state index contributed by atoms with van der Waals surface area (Å²) in [6.45, 7) is 11.9. The number of rotatable bonds is 8. The van der Waals surface area contributed by atoms with E-state index < -0.39 is 12.1 Å². The van der Waals surface area contributed by atoms with Crippen molar-refractivity contribution >= 4 is 17.7 Å². The van der Waals surface area contributed by atoms with Crippen molar-refractivity contribution in [2.45, 2.75) is 97.8 Å². The van der Waals surface area contributed by atoms with E-state index in [9.17, 15) is 14.4 Å². The second-order valence-electron chi connectivity index (χ2n) is 12.7. The summed E-state index contributed by atoms with van der Waals surface area (Å²) in [4.78, 5) is 49.8. The van der Waals surface area contributed by atoms with Gasteiger partial charge in [-0.2, -0.15) is 5.10 Å². The van der Waals surface area contributed by atoms with Gasteiger partial charge in [-0.1, -0.05) is 57.5 Å². The van der Waals surface area contributed by atoms with Crippen molar-refractivity contribution in [1.82, 2.24) is 35.2 Å². The molecule has 4 heterocycles. The smallest absolute Gasteiger partial charge is 0.289 e. The van der Waals surface area contributed by atoms with Crippen LogP contribution in [0.2, 0.25) is 0 Å². The topological polar surface area (TPSA) is 126 Å².